The van der Waals surface area contributed by atoms with Crippen LogP contribution in [0.2, 0.25) is 10.0 Å². The second kappa shape index (κ2) is 6.49. The molecule has 108 valence electrons. The lowest BCUT2D eigenvalue weighted by Crippen LogP contribution is -2.36. The number of halogens is 3. The summed E-state index contributed by atoms with van der Waals surface area (Å²) in [5, 5.41) is -0.823. The van der Waals surface area contributed by atoms with Crippen molar-refractivity contribution in [2.75, 3.05) is 12.0 Å². The van der Waals surface area contributed by atoms with Crippen molar-refractivity contribution in [3.8, 4) is 0 Å². The largest absolute Gasteiger partial charge is 0.260 e. The van der Waals surface area contributed by atoms with Crippen molar-refractivity contribution in [1.29, 1.82) is 0 Å². The number of hydrogen-bond donors (Lipinski definition) is 1. The number of nitrogens with one attached hydrogen (secondary N) is 1. The molecule has 1 aromatic rings. The Morgan fingerprint density at radius 3 is 2.53 bits per heavy atom. The number of sulfonamides is 1. The van der Waals surface area contributed by atoms with Crippen molar-refractivity contribution in [2.45, 2.75) is 17.9 Å². The maximum absolute atomic E-state index is 13.5. The Morgan fingerprint density at radius 1 is 1.42 bits per heavy atom. The molecule has 0 bridgehead atoms. The third kappa shape index (κ3) is 4.39. The molecule has 19 heavy (non-hydrogen) atoms. The Hall–Kier alpha value is -0.210. The van der Waals surface area contributed by atoms with Crippen molar-refractivity contribution in [3.05, 3.63) is 28.0 Å². The average molecular weight is 348 g/mol. The minimum absolute atomic E-state index is 0.146. The highest BCUT2D eigenvalue weighted by Crippen LogP contribution is 2.29. The highest BCUT2D eigenvalue weighted by molar-refractivity contribution is 7.89. The number of benzene rings is 1. The van der Waals surface area contributed by atoms with Crippen molar-refractivity contribution in [1.82, 2.24) is 4.72 Å². The van der Waals surface area contributed by atoms with Crippen LogP contribution in [0.1, 0.15) is 6.92 Å². The first-order valence-electron chi connectivity index (χ1n) is 5.11. The third-order valence-corrected chi connectivity index (χ3v) is 5.51. The van der Waals surface area contributed by atoms with Crippen molar-refractivity contribution in [3.63, 3.8) is 0 Å². The van der Waals surface area contributed by atoms with Gasteiger partial charge < -0.3 is 0 Å². The van der Waals surface area contributed by atoms with Gasteiger partial charge in [0.1, 0.15) is 4.90 Å². The van der Waals surface area contributed by atoms with Gasteiger partial charge >= 0.3 is 0 Å². The molecule has 0 heterocycles. The second-order valence-corrected chi connectivity index (χ2v) is 7.88. The van der Waals surface area contributed by atoms with Crippen LogP contribution >= 0.6 is 23.2 Å². The molecule has 1 aromatic carbocycles. The van der Waals surface area contributed by atoms with Crippen LogP contribution in [0.4, 0.5) is 4.39 Å². The minimum atomic E-state index is -3.99. The summed E-state index contributed by atoms with van der Waals surface area (Å²) in [5.41, 5.74) is 0. The molecule has 0 fully saturated rings. The van der Waals surface area contributed by atoms with E-state index >= 15 is 0 Å². The van der Waals surface area contributed by atoms with Gasteiger partial charge in [0.25, 0.3) is 0 Å². The van der Waals surface area contributed by atoms with Crippen LogP contribution in [-0.4, -0.2) is 30.7 Å². The van der Waals surface area contributed by atoms with Crippen LogP contribution in [0.5, 0.6) is 0 Å². The quantitative estimate of drug-likeness (QED) is 0.830. The smallest absolute Gasteiger partial charge is 0.242 e. The summed E-state index contributed by atoms with van der Waals surface area (Å²) in [7, 11) is -5.15. The molecule has 0 aliphatic carbocycles. The Labute approximate surface area is 123 Å². The lowest BCUT2D eigenvalue weighted by molar-refractivity contribution is 0.567. The second-order valence-electron chi connectivity index (χ2n) is 3.94. The summed E-state index contributed by atoms with van der Waals surface area (Å²) in [6.45, 7) is 1.55. The summed E-state index contributed by atoms with van der Waals surface area (Å²) >= 11 is 11.1. The molecular formula is C10H12Cl2FNO3S2. The van der Waals surface area contributed by atoms with E-state index in [0.29, 0.717) is 0 Å². The van der Waals surface area contributed by atoms with Gasteiger partial charge in [0.05, 0.1) is 10.0 Å². The molecule has 0 saturated carbocycles. The Bertz CT molecular complexity index is 607. The van der Waals surface area contributed by atoms with E-state index in [4.69, 9.17) is 23.2 Å². The van der Waals surface area contributed by atoms with Crippen LogP contribution in [0, 0.1) is 5.82 Å². The maximum Gasteiger partial charge on any atom is 0.242 e. The highest BCUT2D eigenvalue weighted by atomic mass is 35.5. The first kappa shape index (κ1) is 16.8. The predicted molar refractivity (Wildman–Crippen MR) is 75.1 cm³/mol. The molecule has 0 unspecified atom stereocenters. The molecule has 0 aliphatic heterocycles. The Morgan fingerprint density at radius 2 is 2.00 bits per heavy atom. The third-order valence-electron chi connectivity index (χ3n) is 2.13. The van der Waals surface area contributed by atoms with Crippen molar-refractivity contribution in [2.24, 2.45) is 0 Å². The number of rotatable bonds is 5. The fraction of sp³-hybridized carbons (Fsp3) is 0.400. The van der Waals surface area contributed by atoms with Gasteiger partial charge in [-0.25, -0.2) is 17.5 Å². The van der Waals surface area contributed by atoms with Crippen LogP contribution in [0.25, 0.3) is 0 Å². The van der Waals surface area contributed by atoms with Gasteiger partial charge in [-0.05, 0) is 19.1 Å². The van der Waals surface area contributed by atoms with Crippen LogP contribution in [-0.2, 0) is 20.8 Å². The van der Waals surface area contributed by atoms with E-state index in [2.05, 4.69) is 4.72 Å². The van der Waals surface area contributed by atoms with Crippen molar-refractivity contribution < 1.29 is 17.0 Å². The monoisotopic (exact) mass is 347 g/mol. The zero-order valence-corrected chi connectivity index (χ0v) is 13.3. The summed E-state index contributed by atoms with van der Waals surface area (Å²) < 4.78 is 50.8. The van der Waals surface area contributed by atoms with Crippen LogP contribution < -0.4 is 4.72 Å². The molecule has 0 aliphatic rings. The fourth-order valence-corrected chi connectivity index (χ4v) is 4.31. The predicted octanol–water partition coefficient (Wildman–Crippen LogP) is 2.18. The molecule has 0 spiro atoms. The van der Waals surface area contributed by atoms with Crippen molar-refractivity contribution >= 4 is 44.0 Å². The molecule has 1 rings (SSSR count). The molecule has 0 amide bonds. The average Bonchev–Trinajstić information content (AvgIpc) is 2.23. The van der Waals surface area contributed by atoms with Gasteiger partial charge in [-0.3, -0.25) is 4.21 Å². The molecule has 9 heteroatoms. The van der Waals surface area contributed by atoms with E-state index in [0.717, 1.165) is 12.1 Å². The molecule has 1 N–H and O–H groups in total. The lowest BCUT2D eigenvalue weighted by Gasteiger charge is -2.14. The lowest BCUT2D eigenvalue weighted by atomic mass is 10.3. The highest BCUT2D eigenvalue weighted by Gasteiger charge is 2.23. The van der Waals surface area contributed by atoms with E-state index in [1.165, 1.54) is 6.26 Å². The van der Waals surface area contributed by atoms with Crippen LogP contribution in [0.3, 0.4) is 0 Å². The summed E-state index contributed by atoms with van der Waals surface area (Å²) in [6, 6.07) is 1.66. The topological polar surface area (TPSA) is 63.2 Å². The van der Waals surface area contributed by atoms with E-state index in [-0.39, 0.29) is 10.8 Å². The summed E-state index contributed by atoms with van der Waals surface area (Å²) in [6.07, 6.45) is 1.46. The molecular weight excluding hydrogens is 336 g/mol. The fourth-order valence-electron chi connectivity index (χ4n) is 1.43. The normalized spacial score (nSPS) is 15.2. The maximum atomic E-state index is 13.5. The van der Waals surface area contributed by atoms with Gasteiger partial charge in [0, 0.05) is 28.9 Å². The Balaban J connectivity index is 3.08. The van der Waals surface area contributed by atoms with Gasteiger partial charge in [0.15, 0.2) is 5.82 Å². The van der Waals surface area contributed by atoms with Gasteiger partial charge in [-0.2, -0.15) is 0 Å². The number of hydrogen-bond acceptors (Lipinski definition) is 3. The molecule has 4 nitrogen and oxygen atoms in total. The van der Waals surface area contributed by atoms with E-state index in [1.807, 2.05) is 0 Å². The summed E-state index contributed by atoms with van der Waals surface area (Å²) in [5.74, 6) is -0.842. The first-order valence-corrected chi connectivity index (χ1v) is 9.07. The summed E-state index contributed by atoms with van der Waals surface area (Å²) in [4.78, 5) is -0.398. The van der Waals surface area contributed by atoms with E-state index in [1.54, 1.807) is 6.92 Å². The SMILES string of the molecule is C[C@H](C[S@@](C)=O)NS(=O)(=O)c1ccc(Cl)c(F)c1Cl. The van der Waals surface area contributed by atoms with E-state index in [9.17, 15) is 17.0 Å². The molecule has 0 radical (unpaired) electrons. The molecule has 2 atom stereocenters. The van der Waals surface area contributed by atoms with Gasteiger partial charge in [0.2, 0.25) is 10.0 Å². The van der Waals surface area contributed by atoms with Gasteiger partial charge in [-0.1, -0.05) is 23.2 Å². The zero-order chi connectivity index (χ0) is 14.8. The standard InChI is InChI=1S/C10H12Cl2FNO3S2/c1-6(5-18(2)15)14-19(16,17)8-4-3-7(11)10(13)9(8)12/h3-4,6,14H,5H2,1-2H3/t6-,18-/m1/s1. The molecule has 0 aromatic heterocycles. The zero-order valence-electron chi connectivity index (χ0n) is 10.1. The first-order chi connectivity index (χ1) is 8.65. The van der Waals surface area contributed by atoms with Crippen LogP contribution in [0.15, 0.2) is 17.0 Å². The van der Waals surface area contributed by atoms with E-state index < -0.39 is 42.6 Å². The van der Waals surface area contributed by atoms with Gasteiger partial charge in [-0.15, -0.1) is 0 Å². The molecule has 0 saturated heterocycles. The minimum Gasteiger partial charge on any atom is -0.260 e. The Kier molecular flexibility index (Phi) is 5.76.